The van der Waals surface area contributed by atoms with Gasteiger partial charge in [-0.15, -0.1) is 0 Å². The third-order valence-electron chi connectivity index (χ3n) is 1.80. The summed E-state index contributed by atoms with van der Waals surface area (Å²) in [5.41, 5.74) is 0.953. The van der Waals surface area contributed by atoms with E-state index in [-0.39, 0.29) is 18.8 Å². The van der Waals surface area contributed by atoms with Crippen molar-refractivity contribution in [1.29, 1.82) is 0 Å². The molecular formula is C9H14N2O2. The van der Waals surface area contributed by atoms with Gasteiger partial charge in [-0.25, -0.2) is 4.98 Å². The summed E-state index contributed by atoms with van der Waals surface area (Å²) < 4.78 is 1.88. The molecule has 1 N–H and O–H groups in total. The lowest BCUT2D eigenvalue weighted by Crippen LogP contribution is -2.05. The van der Waals surface area contributed by atoms with Crippen molar-refractivity contribution in [2.45, 2.75) is 26.3 Å². The van der Waals surface area contributed by atoms with E-state index in [4.69, 9.17) is 5.11 Å². The van der Waals surface area contributed by atoms with Crippen LogP contribution in [-0.2, 0) is 11.3 Å². The van der Waals surface area contributed by atoms with Gasteiger partial charge >= 0.3 is 0 Å². The van der Waals surface area contributed by atoms with Crippen LogP contribution in [0.2, 0.25) is 0 Å². The van der Waals surface area contributed by atoms with Gasteiger partial charge in [-0.3, -0.25) is 4.79 Å². The van der Waals surface area contributed by atoms with Crippen LogP contribution in [0, 0.1) is 6.92 Å². The molecule has 0 atom stereocenters. The highest BCUT2D eigenvalue weighted by atomic mass is 16.3. The van der Waals surface area contributed by atoms with Crippen LogP contribution < -0.4 is 0 Å². The Labute approximate surface area is 77.2 Å². The fraction of sp³-hybridized carbons (Fsp3) is 0.556. The molecule has 13 heavy (non-hydrogen) atoms. The minimum absolute atomic E-state index is 0.0538. The molecule has 1 aromatic rings. The molecule has 0 saturated carbocycles. The maximum Gasteiger partial charge on any atom is 0.136 e. The van der Waals surface area contributed by atoms with Crippen LogP contribution in [0.4, 0.5) is 0 Å². The average molecular weight is 182 g/mol. The smallest absolute Gasteiger partial charge is 0.136 e. The largest absolute Gasteiger partial charge is 0.396 e. The summed E-state index contributed by atoms with van der Waals surface area (Å²) in [6.07, 6.45) is 4.33. The quantitative estimate of drug-likeness (QED) is 0.722. The number of Topliss-reactive ketones (excluding diaryl/α,β-unsaturated/α-hetero) is 1. The fourth-order valence-electron chi connectivity index (χ4n) is 1.10. The van der Waals surface area contributed by atoms with E-state index in [1.165, 1.54) is 0 Å². The van der Waals surface area contributed by atoms with E-state index < -0.39 is 0 Å². The Morgan fingerprint density at radius 2 is 2.38 bits per heavy atom. The Balaban J connectivity index is 2.30. The van der Waals surface area contributed by atoms with E-state index in [1.54, 1.807) is 6.33 Å². The van der Waals surface area contributed by atoms with Crippen molar-refractivity contribution < 1.29 is 9.90 Å². The van der Waals surface area contributed by atoms with Crippen molar-refractivity contribution in [3.05, 3.63) is 18.2 Å². The molecule has 1 rings (SSSR count). The maximum absolute atomic E-state index is 11.0. The number of aliphatic hydroxyl groups is 1. The number of carbonyl (C=O) groups is 1. The first-order valence-corrected chi connectivity index (χ1v) is 4.33. The molecule has 0 aliphatic rings. The minimum Gasteiger partial charge on any atom is -0.396 e. The Kier molecular flexibility index (Phi) is 3.64. The molecule has 0 fully saturated rings. The number of nitrogens with zero attached hydrogens (tertiary/aromatic N) is 2. The maximum atomic E-state index is 11.0. The molecule has 0 unspecified atom stereocenters. The number of aryl methyl sites for hydroxylation is 2. The first-order valence-electron chi connectivity index (χ1n) is 4.33. The van der Waals surface area contributed by atoms with Crippen LogP contribution in [-0.4, -0.2) is 27.0 Å². The van der Waals surface area contributed by atoms with Crippen LogP contribution in [0.3, 0.4) is 0 Å². The highest BCUT2D eigenvalue weighted by molar-refractivity contribution is 5.78. The molecule has 1 heterocycles. The fourth-order valence-corrected chi connectivity index (χ4v) is 1.10. The second-order valence-electron chi connectivity index (χ2n) is 3.02. The molecule has 1 aromatic heterocycles. The number of hydrogen-bond acceptors (Lipinski definition) is 3. The van der Waals surface area contributed by atoms with Gasteiger partial charge in [0.15, 0.2) is 0 Å². The topological polar surface area (TPSA) is 55.1 Å². The van der Waals surface area contributed by atoms with Crippen LogP contribution in [0.5, 0.6) is 0 Å². The SMILES string of the molecule is Cc1cn(CCC(=O)CCO)cn1. The Morgan fingerprint density at radius 1 is 1.62 bits per heavy atom. The Hall–Kier alpha value is -1.16. The normalized spacial score (nSPS) is 10.3. The molecule has 4 heteroatoms. The summed E-state index contributed by atoms with van der Waals surface area (Å²) >= 11 is 0. The summed E-state index contributed by atoms with van der Waals surface area (Å²) in [6, 6.07) is 0. The van der Waals surface area contributed by atoms with Crippen molar-refractivity contribution in [3.8, 4) is 0 Å². The molecular weight excluding hydrogens is 168 g/mol. The monoisotopic (exact) mass is 182 g/mol. The molecule has 0 saturated heterocycles. The molecule has 0 radical (unpaired) electrons. The van der Waals surface area contributed by atoms with Crippen LogP contribution >= 0.6 is 0 Å². The predicted molar refractivity (Wildman–Crippen MR) is 48.3 cm³/mol. The van der Waals surface area contributed by atoms with Crippen molar-refractivity contribution in [3.63, 3.8) is 0 Å². The van der Waals surface area contributed by atoms with Gasteiger partial charge < -0.3 is 9.67 Å². The number of carbonyl (C=O) groups excluding carboxylic acids is 1. The van der Waals surface area contributed by atoms with Gasteiger partial charge in [0.05, 0.1) is 12.0 Å². The number of ketones is 1. The molecule has 0 spiro atoms. The lowest BCUT2D eigenvalue weighted by Gasteiger charge is -1.99. The highest BCUT2D eigenvalue weighted by Gasteiger charge is 2.01. The van der Waals surface area contributed by atoms with E-state index in [2.05, 4.69) is 4.98 Å². The summed E-state index contributed by atoms with van der Waals surface area (Å²) in [5.74, 6) is 0.0915. The lowest BCUT2D eigenvalue weighted by molar-refractivity contribution is -0.119. The third-order valence-corrected chi connectivity index (χ3v) is 1.80. The second kappa shape index (κ2) is 4.77. The van der Waals surface area contributed by atoms with E-state index >= 15 is 0 Å². The zero-order valence-electron chi connectivity index (χ0n) is 7.73. The van der Waals surface area contributed by atoms with Gasteiger partial charge in [0.2, 0.25) is 0 Å². The number of aliphatic hydroxyl groups excluding tert-OH is 1. The van der Waals surface area contributed by atoms with Gasteiger partial charge in [0.1, 0.15) is 5.78 Å². The van der Waals surface area contributed by atoms with Gasteiger partial charge in [-0.2, -0.15) is 0 Å². The minimum atomic E-state index is -0.0538. The molecule has 0 aliphatic heterocycles. The van der Waals surface area contributed by atoms with E-state index in [0.29, 0.717) is 13.0 Å². The van der Waals surface area contributed by atoms with Gasteiger partial charge in [0.25, 0.3) is 0 Å². The zero-order valence-corrected chi connectivity index (χ0v) is 7.73. The number of imidazole rings is 1. The molecule has 0 aliphatic carbocycles. The number of rotatable bonds is 5. The van der Waals surface area contributed by atoms with Gasteiger partial charge in [-0.1, -0.05) is 0 Å². The second-order valence-corrected chi connectivity index (χ2v) is 3.02. The predicted octanol–water partition coefficient (Wildman–Crippen LogP) is 0.533. The van der Waals surface area contributed by atoms with E-state index in [9.17, 15) is 4.79 Å². The van der Waals surface area contributed by atoms with E-state index in [1.807, 2.05) is 17.7 Å². The van der Waals surface area contributed by atoms with Crippen LogP contribution in [0.1, 0.15) is 18.5 Å². The van der Waals surface area contributed by atoms with Gasteiger partial charge in [0, 0.05) is 32.2 Å². The first kappa shape index (κ1) is 9.92. The van der Waals surface area contributed by atoms with Gasteiger partial charge in [-0.05, 0) is 6.92 Å². The first-order chi connectivity index (χ1) is 6.22. The van der Waals surface area contributed by atoms with Crippen LogP contribution in [0.15, 0.2) is 12.5 Å². The molecule has 72 valence electrons. The van der Waals surface area contributed by atoms with Crippen LogP contribution in [0.25, 0.3) is 0 Å². The number of aromatic nitrogens is 2. The van der Waals surface area contributed by atoms with Crippen molar-refractivity contribution in [1.82, 2.24) is 9.55 Å². The summed E-state index contributed by atoms with van der Waals surface area (Å²) in [6.45, 7) is 2.51. The zero-order chi connectivity index (χ0) is 9.68. The summed E-state index contributed by atoms with van der Waals surface area (Å²) in [4.78, 5) is 15.1. The molecule has 0 amide bonds. The van der Waals surface area contributed by atoms with Crippen molar-refractivity contribution in [2.24, 2.45) is 0 Å². The van der Waals surface area contributed by atoms with Crippen molar-refractivity contribution in [2.75, 3.05) is 6.61 Å². The lowest BCUT2D eigenvalue weighted by atomic mass is 10.2. The number of hydrogen-bond donors (Lipinski definition) is 1. The Morgan fingerprint density at radius 3 is 2.92 bits per heavy atom. The highest BCUT2D eigenvalue weighted by Crippen LogP contribution is 1.97. The Bertz CT molecular complexity index is 281. The standard InChI is InChI=1S/C9H14N2O2/c1-8-6-11(7-10-8)4-2-9(13)3-5-12/h6-7,12H,2-5H2,1H3. The third kappa shape index (κ3) is 3.38. The molecule has 0 aromatic carbocycles. The summed E-state index contributed by atoms with van der Waals surface area (Å²) in [7, 11) is 0. The summed E-state index contributed by atoms with van der Waals surface area (Å²) in [5, 5.41) is 8.50. The van der Waals surface area contributed by atoms with E-state index in [0.717, 1.165) is 5.69 Å². The average Bonchev–Trinajstić information content (AvgIpc) is 2.49. The molecule has 4 nitrogen and oxygen atoms in total. The van der Waals surface area contributed by atoms with Crippen molar-refractivity contribution >= 4 is 5.78 Å². The molecule has 0 bridgehead atoms.